The quantitative estimate of drug-likeness (QED) is 0.681. The van der Waals surface area contributed by atoms with E-state index < -0.39 is 15.8 Å². The summed E-state index contributed by atoms with van der Waals surface area (Å²) in [5, 5.41) is 2.68. The average molecular weight is 399 g/mol. The first kappa shape index (κ1) is 19.5. The Bertz CT molecular complexity index is 1130. The summed E-state index contributed by atoms with van der Waals surface area (Å²) in [5.74, 6) is -0.432. The van der Waals surface area contributed by atoms with Gasteiger partial charge in [-0.15, -0.1) is 0 Å². The molecule has 28 heavy (non-hydrogen) atoms. The number of nitrogens with one attached hydrogen (secondary N) is 2. The maximum Gasteiger partial charge on any atom is 0.262 e. The minimum Gasteiger partial charge on any atom is -0.307 e. The van der Waals surface area contributed by atoms with Crippen LogP contribution >= 0.6 is 0 Å². The van der Waals surface area contributed by atoms with E-state index in [-0.39, 0.29) is 16.5 Å². The van der Waals surface area contributed by atoms with E-state index in [2.05, 4.69) is 15.0 Å². The number of aromatic nitrogens is 1. The summed E-state index contributed by atoms with van der Waals surface area (Å²) in [6.07, 6.45) is 1.60. The number of hydrogen-bond donors (Lipinski definition) is 2. The molecule has 3 rings (SSSR count). The van der Waals surface area contributed by atoms with Crippen molar-refractivity contribution in [3.05, 3.63) is 83.3 Å². The summed E-state index contributed by atoms with van der Waals surface area (Å²) >= 11 is 0. The average Bonchev–Trinajstić information content (AvgIpc) is 2.61. The lowest BCUT2D eigenvalue weighted by Crippen LogP contribution is -2.15. The number of aryl methyl sites for hydroxylation is 2. The molecule has 144 valence electrons. The molecule has 8 heteroatoms. The van der Waals surface area contributed by atoms with Gasteiger partial charge in [-0.3, -0.25) is 9.52 Å². The normalized spacial score (nSPS) is 11.1. The van der Waals surface area contributed by atoms with E-state index in [9.17, 15) is 17.6 Å². The lowest BCUT2D eigenvalue weighted by molar-refractivity contribution is 0.102. The number of anilines is 2. The van der Waals surface area contributed by atoms with Gasteiger partial charge in [-0.2, -0.15) is 0 Å². The van der Waals surface area contributed by atoms with Crippen molar-refractivity contribution < 1.29 is 17.6 Å². The van der Waals surface area contributed by atoms with E-state index >= 15 is 0 Å². The Hall–Kier alpha value is -3.26. The van der Waals surface area contributed by atoms with Gasteiger partial charge in [0, 0.05) is 17.4 Å². The van der Waals surface area contributed by atoms with Crippen LogP contribution < -0.4 is 10.0 Å². The molecule has 1 amide bonds. The topological polar surface area (TPSA) is 88.2 Å². The van der Waals surface area contributed by atoms with Gasteiger partial charge in [-0.1, -0.05) is 0 Å². The number of nitrogens with zero attached hydrogens (tertiary/aromatic N) is 1. The Labute approximate surface area is 162 Å². The summed E-state index contributed by atoms with van der Waals surface area (Å²) in [5.41, 5.74) is 1.90. The fourth-order valence-corrected chi connectivity index (χ4v) is 3.89. The van der Waals surface area contributed by atoms with Crippen molar-refractivity contribution in [1.29, 1.82) is 0 Å². The van der Waals surface area contributed by atoms with E-state index in [0.717, 1.165) is 17.7 Å². The van der Waals surface area contributed by atoms with E-state index in [1.807, 2.05) is 13.0 Å². The van der Waals surface area contributed by atoms with Crippen LogP contribution in [0.3, 0.4) is 0 Å². The van der Waals surface area contributed by atoms with E-state index in [1.165, 1.54) is 37.3 Å². The molecule has 0 saturated carbocycles. The number of amides is 1. The second-order valence-corrected chi connectivity index (χ2v) is 7.92. The van der Waals surface area contributed by atoms with Crippen LogP contribution in [0.4, 0.5) is 15.9 Å². The van der Waals surface area contributed by atoms with Gasteiger partial charge in [-0.25, -0.2) is 17.8 Å². The third-order valence-electron chi connectivity index (χ3n) is 3.98. The number of pyridine rings is 1. The SMILES string of the molecule is Cc1ccnc(NC(=O)c2ccc(NS(=O)(=O)c3ccc(F)cc3C)cc2)c1. The molecular formula is C20H18FN3O3S. The molecule has 0 aliphatic carbocycles. The Kier molecular flexibility index (Phi) is 5.41. The highest BCUT2D eigenvalue weighted by atomic mass is 32.2. The molecule has 0 unspecified atom stereocenters. The monoisotopic (exact) mass is 399 g/mol. The number of carbonyl (C=O) groups is 1. The summed E-state index contributed by atoms with van der Waals surface area (Å²) in [4.78, 5) is 16.4. The minimum atomic E-state index is -3.87. The maximum atomic E-state index is 13.2. The minimum absolute atomic E-state index is 0.0127. The Balaban J connectivity index is 1.74. The van der Waals surface area contributed by atoms with E-state index in [4.69, 9.17) is 0 Å². The highest BCUT2D eigenvalue weighted by Gasteiger charge is 2.17. The van der Waals surface area contributed by atoms with Crippen molar-refractivity contribution in [2.45, 2.75) is 18.7 Å². The summed E-state index contributed by atoms with van der Waals surface area (Å²) in [7, 11) is -3.87. The van der Waals surface area contributed by atoms with Gasteiger partial charge < -0.3 is 5.32 Å². The van der Waals surface area contributed by atoms with Crippen molar-refractivity contribution in [2.75, 3.05) is 10.0 Å². The zero-order valence-corrected chi connectivity index (χ0v) is 16.0. The molecule has 3 aromatic rings. The molecule has 0 aliphatic rings. The molecule has 1 aromatic heterocycles. The Morgan fingerprint density at radius 2 is 1.71 bits per heavy atom. The summed E-state index contributed by atoms with van der Waals surface area (Å²) < 4.78 is 40.6. The molecule has 0 radical (unpaired) electrons. The van der Waals surface area contributed by atoms with Crippen molar-refractivity contribution in [1.82, 2.24) is 4.98 Å². The van der Waals surface area contributed by atoms with Gasteiger partial charge in [0.05, 0.1) is 4.90 Å². The van der Waals surface area contributed by atoms with Crippen LogP contribution in [0.25, 0.3) is 0 Å². The number of rotatable bonds is 5. The van der Waals surface area contributed by atoms with Crippen LogP contribution in [0.1, 0.15) is 21.5 Å². The number of halogens is 1. The number of hydrogen-bond acceptors (Lipinski definition) is 4. The van der Waals surface area contributed by atoms with Crippen molar-refractivity contribution in [3.8, 4) is 0 Å². The van der Waals surface area contributed by atoms with E-state index in [1.54, 1.807) is 12.3 Å². The van der Waals surface area contributed by atoms with Crippen LogP contribution in [0.15, 0.2) is 65.7 Å². The molecule has 0 fully saturated rings. The lowest BCUT2D eigenvalue weighted by atomic mass is 10.2. The van der Waals surface area contributed by atoms with Crippen LogP contribution in [-0.2, 0) is 10.0 Å². The first-order valence-corrected chi connectivity index (χ1v) is 9.86. The molecule has 1 heterocycles. The standard InChI is InChI=1S/C20H18FN3O3S/c1-13-9-10-22-19(11-13)23-20(25)15-3-6-17(7-4-15)24-28(26,27)18-8-5-16(21)12-14(18)2/h3-12,24H,1-2H3,(H,22,23,25). The molecule has 0 spiro atoms. The van der Waals surface area contributed by atoms with Crippen LogP contribution in [0.2, 0.25) is 0 Å². The largest absolute Gasteiger partial charge is 0.307 e. The number of sulfonamides is 1. The molecular weight excluding hydrogens is 381 g/mol. The zero-order chi connectivity index (χ0) is 20.3. The smallest absolute Gasteiger partial charge is 0.262 e. The Morgan fingerprint density at radius 3 is 2.36 bits per heavy atom. The summed E-state index contributed by atoms with van der Waals surface area (Å²) in [6.45, 7) is 3.41. The van der Waals surface area contributed by atoms with Crippen LogP contribution in [-0.4, -0.2) is 19.3 Å². The van der Waals surface area contributed by atoms with Crippen molar-refractivity contribution in [2.24, 2.45) is 0 Å². The molecule has 2 N–H and O–H groups in total. The predicted molar refractivity (Wildman–Crippen MR) is 105 cm³/mol. The lowest BCUT2D eigenvalue weighted by Gasteiger charge is -2.11. The second kappa shape index (κ2) is 7.77. The third kappa shape index (κ3) is 4.52. The molecule has 0 saturated heterocycles. The highest BCUT2D eigenvalue weighted by molar-refractivity contribution is 7.92. The fourth-order valence-electron chi connectivity index (χ4n) is 2.61. The van der Waals surface area contributed by atoms with E-state index in [0.29, 0.717) is 16.9 Å². The van der Waals surface area contributed by atoms with Gasteiger partial charge in [0.25, 0.3) is 15.9 Å². The summed E-state index contributed by atoms with van der Waals surface area (Å²) in [6, 6.07) is 13.0. The van der Waals surface area contributed by atoms with Gasteiger partial charge >= 0.3 is 0 Å². The zero-order valence-electron chi connectivity index (χ0n) is 15.2. The van der Waals surface area contributed by atoms with Gasteiger partial charge in [0.1, 0.15) is 11.6 Å². The Morgan fingerprint density at radius 1 is 1.00 bits per heavy atom. The van der Waals surface area contributed by atoms with Crippen molar-refractivity contribution >= 4 is 27.4 Å². The first-order chi connectivity index (χ1) is 13.2. The highest BCUT2D eigenvalue weighted by Crippen LogP contribution is 2.21. The van der Waals surface area contributed by atoms with Gasteiger partial charge in [0.15, 0.2) is 0 Å². The number of benzene rings is 2. The number of carbonyl (C=O) groups excluding carboxylic acids is 1. The molecule has 0 aliphatic heterocycles. The van der Waals surface area contributed by atoms with Crippen LogP contribution in [0, 0.1) is 19.7 Å². The third-order valence-corrected chi connectivity index (χ3v) is 5.52. The molecule has 0 bridgehead atoms. The van der Waals surface area contributed by atoms with Crippen LogP contribution in [0.5, 0.6) is 0 Å². The van der Waals surface area contributed by atoms with Gasteiger partial charge in [0.2, 0.25) is 0 Å². The van der Waals surface area contributed by atoms with Crippen molar-refractivity contribution in [3.63, 3.8) is 0 Å². The maximum absolute atomic E-state index is 13.2. The predicted octanol–water partition coefficient (Wildman–Crippen LogP) is 3.89. The second-order valence-electron chi connectivity index (χ2n) is 6.27. The molecule has 6 nitrogen and oxygen atoms in total. The first-order valence-electron chi connectivity index (χ1n) is 8.38. The molecule has 2 aromatic carbocycles. The fraction of sp³-hybridized carbons (Fsp3) is 0.100. The van der Waals surface area contributed by atoms with Gasteiger partial charge in [-0.05, 0) is 79.6 Å². The molecule has 0 atom stereocenters.